The largest absolute Gasteiger partial charge is 0.199 e. The quantitative estimate of drug-likeness (QED) is 0.264. The van der Waals surface area contributed by atoms with Crippen molar-refractivity contribution in [3.05, 3.63) is 59.4 Å². The molecule has 1 fully saturated rings. The van der Waals surface area contributed by atoms with Crippen LogP contribution in [0.5, 0.6) is 0 Å². The van der Waals surface area contributed by atoms with E-state index in [1.807, 2.05) is 0 Å². The monoisotopic (exact) mass is 353 g/mol. The lowest BCUT2D eigenvalue weighted by molar-refractivity contribution is 0.296. The highest BCUT2D eigenvalue weighted by Gasteiger charge is 2.19. The summed E-state index contributed by atoms with van der Waals surface area (Å²) in [5, 5.41) is 8.40. The number of aryl methyl sites for hydroxylation is 2. The molecule has 1 nitrogen and oxygen atoms in total. The number of hydrogen-bond acceptors (Lipinski definition) is 1. The summed E-state index contributed by atoms with van der Waals surface area (Å²) in [5.41, 5.74) is 2.93. The van der Waals surface area contributed by atoms with Crippen LogP contribution in [0.1, 0.15) is 69.4 Å². The normalized spacial score (nSPS) is 21.0. The highest BCUT2D eigenvalue weighted by atomic mass is 19.1. The standard InChI is InChI=1S/C24H32FN/c1-2-3-4-6-20-9-13-22(14-10-20)17-18-23-15-11-21(12-16-23)7-5-8-24(25)19-26/h5,7-10,13-14,21,23H,2-4,6,11-12,15-18H2,1H3. The van der Waals surface area contributed by atoms with E-state index in [1.165, 1.54) is 87.5 Å². The average Bonchev–Trinajstić information content (AvgIpc) is 2.68. The maximum absolute atomic E-state index is 12.8. The zero-order valence-electron chi connectivity index (χ0n) is 16.1. The second kappa shape index (κ2) is 11.7. The number of unbranched alkanes of at least 4 members (excludes halogenated alkanes) is 2. The molecule has 1 aliphatic rings. The van der Waals surface area contributed by atoms with E-state index in [0.29, 0.717) is 5.92 Å². The molecule has 1 aromatic rings. The molecule has 26 heavy (non-hydrogen) atoms. The fourth-order valence-corrected chi connectivity index (χ4v) is 3.83. The third-order valence-electron chi connectivity index (χ3n) is 5.56. The molecule has 1 aromatic carbocycles. The highest BCUT2D eigenvalue weighted by molar-refractivity contribution is 5.23. The van der Waals surface area contributed by atoms with Crippen LogP contribution < -0.4 is 0 Å². The number of hydrogen-bond donors (Lipinski definition) is 0. The van der Waals surface area contributed by atoms with Gasteiger partial charge in [0, 0.05) is 0 Å². The molecule has 0 N–H and O–H groups in total. The van der Waals surface area contributed by atoms with Gasteiger partial charge in [-0.05, 0) is 80.4 Å². The Hall–Kier alpha value is -1.88. The van der Waals surface area contributed by atoms with E-state index in [-0.39, 0.29) is 0 Å². The molecule has 2 heteroatoms. The van der Waals surface area contributed by atoms with Crippen molar-refractivity contribution in [1.29, 1.82) is 5.26 Å². The van der Waals surface area contributed by atoms with E-state index in [2.05, 4.69) is 37.3 Å². The minimum Gasteiger partial charge on any atom is -0.195 e. The van der Waals surface area contributed by atoms with E-state index < -0.39 is 5.83 Å². The molecule has 1 saturated carbocycles. The van der Waals surface area contributed by atoms with E-state index in [0.717, 1.165) is 5.92 Å². The minimum atomic E-state index is -0.716. The third kappa shape index (κ3) is 7.56. The first kappa shape index (κ1) is 20.4. The molecule has 0 aromatic heterocycles. The zero-order chi connectivity index (χ0) is 18.6. The second-order valence-electron chi connectivity index (χ2n) is 7.60. The van der Waals surface area contributed by atoms with Gasteiger partial charge in [-0.2, -0.15) is 9.65 Å². The summed E-state index contributed by atoms with van der Waals surface area (Å²) >= 11 is 0. The molecule has 0 unspecified atom stereocenters. The van der Waals surface area contributed by atoms with Gasteiger partial charge in [0.1, 0.15) is 6.07 Å². The van der Waals surface area contributed by atoms with Crippen LogP contribution in [0.3, 0.4) is 0 Å². The maximum Gasteiger partial charge on any atom is 0.199 e. The summed E-state index contributed by atoms with van der Waals surface area (Å²) in [6, 6.07) is 10.7. The van der Waals surface area contributed by atoms with E-state index in [9.17, 15) is 4.39 Å². The Labute approximate surface area is 158 Å². The summed E-state index contributed by atoms with van der Waals surface area (Å²) in [5.74, 6) is 0.637. The van der Waals surface area contributed by atoms with E-state index in [1.54, 1.807) is 6.08 Å². The van der Waals surface area contributed by atoms with Crippen LogP contribution in [-0.4, -0.2) is 0 Å². The van der Waals surface area contributed by atoms with Crippen LogP contribution in [-0.2, 0) is 12.8 Å². The van der Waals surface area contributed by atoms with Gasteiger partial charge in [-0.3, -0.25) is 0 Å². The molecule has 0 atom stereocenters. The number of nitrogens with zero attached hydrogens (tertiary/aromatic N) is 1. The van der Waals surface area contributed by atoms with Crippen LogP contribution in [0.15, 0.2) is 48.3 Å². The number of halogens is 1. The third-order valence-corrected chi connectivity index (χ3v) is 5.56. The molecule has 1 aliphatic carbocycles. The van der Waals surface area contributed by atoms with Gasteiger partial charge in [-0.25, -0.2) is 0 Å². The Morgan fingerprint density at radius 2 is 1.73 bits per heavy atom. The summed E-state index contributed by atoms with van der Waals surface area (Å²) in [6.45, 7) is 2.25. The first-order chi connectivity index (χ1) is 12.7. The topological polar surface area (TPSA) is 23.8 Å². The zero-order valence-corrected chi connectivity index (χ0v) is 16.1. The summed E-state index contributed by atoms with van der Waals surface area (Å²) in [7, 11) is 0. The van der Waals surface area contributed by atoms with Crippen LogP contribution in [0.25, 0.3) is 0 Å². The molecular formula is C24H32FN. The number of allylic oxidation sites excluding steroid dienone is 4. The molecule has 0 bridgehead atoms. The molecule has 2 rings (SSSR count). The van der Waals surface area contributed by atoms with Crippen molar-refractivity contribution in [2.45, 2.75) is 71.1 Å². The lowest BCUT2D eigenvalue weighted by Gasteiger charge is -2.26. The van der Waals surface area contributed by atoms with Crippen molar-refractivity contribution in [3.8, 4) is 6.07 Å². The van der Waals surface area contributed by atoms with Crippen LogP contribution >= 0.6 is 0 Å². The molecule has 0 heterocycles. The SMILES string of the molecule is CCCCCc1ccc(CCC2CCC(C=CC=C(F)C#N)CC2)cc1. The molecule has 0 saturated heterocycles. The number of nitriles is 1. The number of benzene rings is 1. The van der Waals surface area contributed by atoms with Crippen LogP contribution in [0.2, 0.25) is 0 Å². The van der Waals surface area contributed by atoms with Gasteiger partial charge in [-0.15, -0.1) is 0 Å². The van der Waals surface area contributed by atoms with Crippen molar-refractivity contribution in [2.75, 3.05) is 0 Å². The van der Waals surface area contributed by atoms with Crippen molar-refractivity contribution in [2.24, 2.45) is 11.8 Å². The summed E-state index contributed by atoms with van der Waals surface area (Å²) in [4.78, 5) is 0. The van der Waals surface area contributed by atoms with Gasteiger partial charge in [0.25, 0.3) is 0 Å². The molecule has 0 aliphatic heterocycles. The maximum atomic E-state index is 12.8. The predicted octanol–water partition coefficient (Wildman–Crippen LogP) is 7.09. The molecule has 0 radical (unpaired) electrons. The van der Waals surface area contributed by atoms with Gasteiger partial charge in [0.15, 0.2) is 5.83 Å². The van der Waals surface area contributed by atoms with Crippen molar-refractivity contribution < 1.29 is 4.39 Å². The first-order valence-electron chi connectivity index (χ1n) is 10.2. The van der Waals surface area contributed by atoms with Gasteiger partial charge in [0.2, 0.25) is 0 Å². The fourth-order valence-electron chi connectivity index (χ4n) is 3.83. The molecule has 0 amide bonds. The van der Waals surface area contributed by atoms with Gasteiger partial charge >= 0.3 is 0 Å². The average molecular weight is 354 g/mol. The van der Waals surface area contributed by atoms with Crippen molar-refractivity contribution >= 4 is 0 Å². The van der Waals surface area contributed by atoms with Crippen molar-refractivity contribution in [3.63, 3.8) is 0 Å². The Morgan fingerprint density at radius 1 is 1.08 bits per heavy atom. The molecule has 140 valence electrons. The lowest BCUT2D eigenvalue weighted by Crippen LogP contribution is -2.13. The van der Waals surface area contributed by atoms with Gasteiger partial charge in [-0.1, -0.05) is 56.2 Å². The number of rotatable bonds is 9. The second-order valence-corrected chi connectivity index (χ2v) is 7.60. The van der Waals surface area contributed by atoms with E-state index >= 15 is 0 Å². The fraction of sp³-hybridized carbons (Fsp3) is 0.542. The Kier molecular flexibility index (Phi) is 9.18. The lowest BCUT2D eigenvalue weighted by atomic mass is 9.79. The Morgan fingerprint density at radius 3 is 2.35 bits per heavy atom. The summed E-state index contributed by atoms with van der Waals surface area (Å²) < 4.78 is 12.8. The van der Waals surface area contributed by atoms with E-state index in [4.69, 9.17) is 5.26 Å². The van der Waals surface area contributed by atoms with Crippen molar-refractivity contribution in [1.82, 2.24) is 0 Å². The van der Waals surface area contributed by atoms with Crippen LogP contribution in [0, 0.1) is 23.2 Å². The minimum absolute atomic E-state index is 0.538. The van der Waals surface area contributed by atoms with Gasteiger partial charge < -0.3 is 0 Å². The molecule has 0 spiro atoms. The van der Waals surface area contributed by atoms with Gasteiger partial charge in [0.05, 0.1) is 0 Å². The first-order valence-corrected chi connectivity index (χ1v) is 10.2. The summed E-state index contributed by atoms with van der Waals surface area (Å²) in [6.07, 6.45) is 17.5. The smallest absolute Gasteiger partial charge is 0.195 e. The Balaban J connectivity index is 1.67. The Bertz CT molecular complexity index is 613. The highest BCUT2D eigenvalue weighted by Crippen LogP contribution is 2.32. The molecular weight excluding hydrogens is 321 g/mol. The predicted molar refractivity (Wildman–Crippen MR) is 107 cm³/mol. The van der Waals surface area contributed by atoms with Crippen LogP contribution in [0.4, 0.5) is 4.39 Å².